The molecule has 28 heavy (non-hydrogen) atoms. The van der Waals surface area contributed by atoms with Crippen LogP contribution in [-0.4, -0.2) is 42.6 Å². The number of likely N-dealkylation sites (tertiary alicyclic amines) is 1. The van der Waals surface area contributed by atoms with E-state index in [-0.39, 0.29) is 11.9 Å². The van der Waals surface area contributed by atoms with Gasteiger partial charge < -0.3 is 19.4 Å². The first-order valence-corrected chi connectivity index (χ1v) is 9.72. The molecule has 1 fully saturated rings. The minimum atomic E-state index is -0.437. The number of carbonyl (C=O) groups excluding carboxylic acids is 2. The van der Waals surface area contributed by atoms with Crippen molar-refractivity contribution in [2.45, 2.75) is 32.7 Å². The van der Waals surface area contributed by atoms with Crippen molar-refractivity contribution in [2.75, 3.05) is 19.7 Å². The van der Waals surface area contributed by atoms with Crippen molar-refractivity contribution in [1.29, 1.82) is 0 Å². The molecule has 0 aliphatic carbocycles. The van der Waals surface area contributed by atoms with Gasteiger partial charge in [0.2, 0.25) is 0 Å². The van der Waals surface area contributed by atoms with Gasteiger partial charge in [0.05, 0.1) is 6.61 Å². The summed E-state index contributed by atoms with van der Waals surface area (Å²) >= 11 is 0. The number of nitrogens with one attached hydrogen (secondary N) is 1. The second kappa shape index (κ2) is 7.54. The largest absolute Gasteiger partial charge is 0.450 e. The monoisotopic (exact) mass is 380 g/mol. The first-order valence-electron chi connectivity index (χ1n) is 9.72. The van der Waals surface area contributed by atoms with Crippen LogP contribution in [0.4, 0.5) is 4.79 Å². The summed E-state index contributed by atoms with van der Waals surface area (Å²) in [5.74, 6) is 0.247. The van der Waals surface area contributed by atoms with Crippen molar-refractivity contribution in [3.05, 3.63) is 47.7 Å². The second-order valence-corrected chi connectivity index (χ2v) is 7.17. The van der Waals surface area contributed by atoms with Gasteiger partial charge in [-0.2, -0.15) is 0 Å². The van der Waals surface area contributed by atoms with Crippen LogP contribution in [-0.2, 0) is 4.74 Å². The summed E-state index contributed by atoms with van der Waals surface area (Å²) in [6.07, 6.45) is 1.21. The minimum absolute atomic E-state index is 0.109. The molecule has 1 aromatic heterocycles. The number of furan rings is 1. The lowest BCUT2D eigenvalue weighted by atomic mass is 10.0. The van der Waals surface area contributed by atoms with Crippen molar-refractivity contribution in [3.8, 4) is 0 Å². The van der Waals surface area contributed by atoms with E-state index in [0.29, 0.717) is 25.5 Å². The standard InChI is InChI=1S/C22H24N2O4/c1-3-27-22(26)23-16-8-6-12-24(13-16)21(25)19-14(2)17-11-10-15-7-4-5-9-18(15)20(17)28-19/h4-5,7,9-11,16H,3,6,8,12-13H2,1-2H3,(H,23,26). The van der Waals surface area contributed by atoms with E-state index in [2.05, 4.69) is 11.4 Å². The fraction of sp³-hybridized carbons (Fsp3) is 0.364. The maximum absolute atomic E-state index is 13.2. The van der Waals surface area contributed by atoms with Gasteiger partial charge in [-0.05, 0) is 32.1 Å². The molecule has 0 saturated carbocycles. The Morgan fingerprint density at radius 1 is 1.21 bits per heavy atom. The molecule has 1 aliphatic rings. The number of aryl methyl sites for hydroxylation is 1. The normalized spacial score (nSPS) is 17.1. The van der Waals surface area contributed by atoms with Gasteiger partial charge in [-0.25, -0.2) is 4.79 Å². The van der Waals surface area contributed by atoms with Gasteiger partial charge in [0.1, 0.15) is 5.58 Å². The summed E-state index contributed by atoms with van der Waals surface area (Å²) in [6.45, 7) is 5.12. The van der Waals surface area contributed by atoms with Crippen molar-refractivity contribution in [3.63, 3.8) is 0 Å². The highest BCUT2D eigenvalue weighted by Gasteiger charge is 2.29. The lowest BCUT2D eigenvalue weighted by molar-refractivity contribution is 0.0656. The van der Waals surface area contributed by atoms with Crippen molar-refractivity contribution >= 4 is 33.7 Å². The van der Waals surface area contributed by atoms with Gasteiger partial charge in [0.25, 0.3) is 5.91 Å². The molecule has 2 amide bonds. The molecule has 2 heterocycles. The molecule has 0 spiro atoms. The lowest BCUT2D eigenvalue weighted by Crippen LogP contribution is -2.49. The minimum Gasteiger partial charge on any atom is -0.450 e. The number of hydrogen-bond donors (Lipinski definition) is 1. The first kappa shape index (κ1) is 18.3. The molecule has 1 aliphatic heterocycles. The average molecular weight is 380 g/mol. The molecular weight excluding hydrogens is 356 g/mol. The third kappa shape index (κ3) is 3.30. The predicted octanol–water partition coefficient (Wildman–Crippen LogP) is 4.25. The molecule has 0 radical (unpaired) electrons. The molecule has 1 atom stereocenters. The molecule has 4 rings (SSSR count). The van der Waals surface area contributed by atoms with Crippen molar-refractivity contribution in [1.82, 2.24) is 10.2 Å². The van der Waals surface area contributed by atoms with Crippen LogP contribution < -0.4 is 5.32 Å². The Morgan fingerprint density at radius 3 is 2.86 bits per heavy atom. The van der Waals surface area contributed by atoms with E-state index in [1.165, 1.54) is 0 Å². The molecule has 1 saturated heterocycles. The Morgan fingerprint density at radius 2 is 2.04 bits per heavy atom. The molecular formula is C22H24N2O4. The zero-order valence-electron chi connectivity index (χ0n) is 16.2. The van der Waals surface area contributed by atoms with Gasteiger partial charge in [-0.15, -0.1) is 0 Å². The van der Waals surface area contributed by atoms with E-state index in [1.54, 1.807) is 11.8 Å². The van der Waals surface area contributed by atoms with Crippen LogP contribution in [0.15, 0.2) is 40.8 Å². The summed E-state index contributed by atoms with van der Waals surface area (Å²) in [7, 11) is 0. The van der Waals surface area contributed by atoms with Crippen LogP contribution in [0.2, 0.25) is 0 Å². The number of piperidine rings is 1. The number of nitrogens with zero attached hydrogens (tertiary/aromatic N) is 1. The lowest BCUT2D eigenvalue weighted by Gasteiger charge is -2.32. The van der Waals surface area contributed by atoms with Crippen molar-refractivity contribution < 1.29 is 18.7 Å². The van der Waals surface area contributed by atoms with E-state index >= 15 is 0 Å². The molecule has 2 aromatic carbocycles. The van der Waals surface area contributed by atoms with Crippen LogP contribution in [0.5, 0.6) is 0 Å². The molecule has 6 nitrogen and oxygen atoms in total. The van der Waals surface area contributed by atoms with Gasteiger partial charge in [0, 0.05) is 35.5 Å². The maximum Gasteiger partial charge on any atom is 0.407 e. The summed E-state index contributed by atoms with van der Waals surface area (Å²) < 4.78 is 11.0. The number of fused-ring (bicyclic) bond motifs is 3. The molecule has 6 heteroatoms. The summed E-state index contributed by atoms with van der Waals surface area (Å²) in [4.78, 5) is 26.6. The second-order valence-electron chi connectivity index (χ2n) is 7.17. The first-order chi connectivity index (χ1) is 13.6. The van der Waals surface area contributed by atoms with Crippen LogP contribution in [0.25, 0.3) is 21.7 Å². The fourth-order valence-electron chi connectivity index (χ4n) is 3.92. The molecule has 0 bridgehead atoms. The highest BCUT2D eigenvalue weighted by atomic mass is 16.5. The van der Waals surface area contributed by atoms with E-state index in [9.17, 15) is 9.59 Å². The highest BCUT2D eigenvalue weighted by molar-refractivity contribution is 6.08. The number of ether oxygens (including phenoxy) is 1. The fourth-order valence-corrected chi connectivity index (χ4v) is 3.92. The van der Waals surface area contributed by atoms with Crippen LogP contribution in [0, 0.1) is 6.92 Å². The van der Waals surface area contributed by atoms with Gasteiger partial charge >= 0.3 is 6.09 Å². The summed E-state index contributed by atoms with van der Waals surface area (Å²) in [6, 6.07) is 11.9. The number of alkyl carbamates (subject to hydrolysis) is 1. The Bertz CT molecular complexity index is 1040. The Balaban J connectivity index is 1.60. The van der Waals surface area contributed by atoms with E-state index < -0.39 is 6.09 Å². The number of carbonyl (C=O) groups is 2. The quantitative estimate of drug-likeness (QED) is 0.737. The predicted molar refractivity (Wildman–Crippen MR) is 108 cm³/mol. The SMILES string of the molecule is CCOC(=O)NC1CCCN(C(=O)c2oc3c(ccc4ccccc43)c2C)C1. The highest BCUT2D eigenvalue weighted by Crippen LogP contribution is 2.32. The zero-order valence-corrected chi connectivity index (χ0v) is 16.2. The van der Waals surface area contributed by atoms with Crippen LogP contribution in [0.3, 0.4) is 0 Å². The molecule has 1 N–H and O–H groups in total. The summed E-state index contributed by atoms with van der Waals surface area (Å²) in [5, 5.41) is 5.88. The van der Waals surface area contributed by atoms with Crippen LogP contribution >= 0.6 is 0 Å². The average Bonchev–Trinajstić information content (AvgIpc) is 3.05. The Hall–Kier alpha value is -3.02. The smallest absolute Gasteiger partial charge is 0.407 e. The number of benzene rings is 2. The summed E-state index contributed by atoms with van der Waals surface area (Å²) in [5.41, 5.74) is 1.60. The zero-order chi connectivity index (χ0) is 19.7. The number of amides is 2. The van der Waals surface area contributed by atoms with Gasteiger partial charge in [-0.3, -0.25) is 4.79 Å². The van der Waals surface area contributed by atoms with Gasteiger partial charge in [0.15, 0.2) is 5.76 Å². The topological polar surface area (TPSA) is 71.8 Å². The van der Waals surface area contributed by atoms with E-state index in [4.69, 9.17) is 9.15 Å². The maximum atomic E-state index is 13.2. The number of hydrogen-bond acceptors (Lipinski definition) is 4. The molecule has 3 aromatic rings. The number of rotatable bonds is 3. The third-order valence-electron chi connectivity index (χ3n) is 5.33. The van der Waals surface area contributed by atoms with Gasteiger partial charge in [-0.1, -0.05) is 36.4 Å². The Kier molecular flexibility index (Phi) is 4.94. The third-order valence-corrected chi connectivity index (χ3v) is 5.33. The van der Waals surface area contributed by atoms with Crippen LogP contribution in [0.1, 0.15) is 35.9 Å². The van der Waals surface area contributed by atoms with Crippen molar-refractivity contribution in [2.24, 2.45) is 0 Å². The Labute approximate surface area is 163 Å². The van der Waals surface area contributed by atoms with E-state index in [0.717, 1.165) is 40.1 Å². The molecule has 146 valence electrons. The van der Waals surface area contributed by atoms with E-state index in [1.807, 2.05) is 37.3 Å². The molecule has 1 unspecified atom stereocenters.